The molecule has 0 atom stereocenters. The van der Waals surface area contributed by atoms with Crippen LogP contribution in [-0.2, 0) is 41.6 Å². The molecule has 0 aliphatic carbocycles. The lowest BCUT2D eigenvalue weighted by Crippen LogP contribution is -2.09. The van der Waals surface area contributed by atoms with E-state index in [1.54, 1.807) is 97.3 Å². The third kappa shape index (κ3) is 13.6. The summed E-state index contributed by atoms with van der Waals surface area (Å²) in [7, 11) is -18.5. The minimum absolute atomic E-state index is 0.0621. The minimum atomic E-state index is -4.63. The fourth-order valence-corrected chi connectivity index (χ4v) is 6.93. The van der Waals surface area contributed by atoms with E-state index >= 15 is 0 Å². The van der Waals surface area contributed by atoms with Crippen LogP contribution in [-0.4, -0.2) is 61.9 Å². The Morgan fingerprint density at radius 2 is 0.569 bits per heavy atom. The fourth-order valence-electron chi connectivity index (χ4n) is 5.51. The molecule has 0 amide bonds. The van der Waals surface area contributed by atoms with Crippen LogP contribution in [0.2, 0.25) is 0 Å². The van der Waals surface area contributed by atoms with Gasteiger partial charge in [0.1, 0.15) is 23.0 Å². The van der Waals surface area contributed by atoms with Gasteiger partial charge in [0.25, 0.3) is 0 Å². The maximum atomic E-state index is 10.8. The molecule has 4 N–H and O–H groups in total. The summed E-state index contributed by atoms with van der Waals surface area (Å²) in [6.07, 6.45) is 3.24. The number of rotatable bonds is 14. The van der Waals surface area contributed by atoms with E-state index in [1.807, 2.05) is 0 Å². The lowest BCUT2D eigenvalue weighted by molar-refractivity contribution is 0.384. The summed E-state index contributed by atoms with van der Waals surface area (Å²) in [5.41, 5.74) is 4.29. The molecule has 58 heavy (non-hydrogen) atoms. The van der Waals surface area contributed by atoms with E-state index in [1.165, 1.54) is 48.5 Å². The highest BCUT2D eigenvalue weighted by atomic mass is 32.3. The number of aromatic nitrogens is 2. The highest BCUT2D eigenvalue weighted by Gasteiger charge is 2.21. The van der Waals surface area contributed by atoms with E-state index in [2.05, 4.69) is 26.7 Å². The Hall–Kier alpha value is -5.98. The van der Waals surface area contributed by atoms with Crippen LogP contribution in [0.5, 0.6) is 23.0 Å². The molecule has 0 aliphatic heterocycles. The molecule has 22 heteroatoms. The SMILES string of the molecule is O=S(=O)(O)Oc1ccc(C(c2ccc(OS(=O)(=O)O)cc2)c2ccccn2)cc1.O=S(=O)(O)Oc1ccc(C(c2ccc(OS(=O)(=O)O)cc2)c2ccccn2)cc1. The van der Waals surface area contributed by atoms with E-state index in [0.717, 1.165) is 22.3 Å². The quantitative estimate of drug-likeness (QED) is 0.102. The van der Waals surface area contributed by atoms with Crippen molar-refractivity contribution in [3.8, 4) is 23.0 Å². The van der Waals surface area contributed by atoms with E-state index in [-0.39, 0.29) is 34.8 Å². The molecule has 0 saturated heterocycles. The predicted molar refractivity (Wildman–Crippen MR) is 205 cm³/mol. The Kier molecular flexibility index (Phi) is 13.5. The highest BCUT2D eigenvalue weighted by Crippen LogP contribution is 2.34. The number of nitrogens with zero attached hydrogens (tertiary/aromatic N) is 2. The minimum Gasteiger partial charge on any atom is -0.362 e. The standard InChI is InChI=1S/2C18H15NO8S2/c2*20-28(21,22)26-15-8-4-13(5-9-15)18(17-3-1-2-12-19-17)14-6-10-16(11-7-14)27-29(23,24)25/h2*1-12,18H,(H,20,21,22)(H,23,24,25). The molecule has 4 aromatic carbocycles. The normalized spacial score (nSPS) is 12.0. The van der Waals surface area contributed by atoms with Crippen LogP contribution in [0.4, 0.5) is 0 Å². The van der Waals surface area contributed by atoms with Gasteiger partial charge in [-0.05, 0) is 95.1 Å². The van der Waals surface area contributed by atoms with Gasteiger partial charge < -0.3 is 16.7 Å². The molecule has 18 nitrogen and oxygen atoms in total. The molecule has 6 rings (SSSR count). The first-order chi connectivity index (χ1) is 27.2. The molecule has 0 radical (unpaired) electrons. The summed E-state index contributed by atoms with van der Waals surface area (Å²) < 4.78 is 140. The Morgan fingerprint density at radius 1 is 0.345 bits per heavy atom. The van der Waals surface area contributed by atoms with Gasteiger partial charge in [-0.3, -0.25) is 28.2 Å². The van der Waals surface area contributed by atoms with Crippen LogP contribution in [0.1, 0.15) is 45.5 Å². The zero-order valence-electron chi connectivity index (χ0n) is 29.2. The number of hydrogen-bond donors (Lipinski definition) is 4. The van der Waals surface area contributed by atoms with Crippen LogP contribution in [0.3, 0.4) is 0 Å². The van der Waals surface area contributed by atoms with Crippen LogP contribution in [0.15, 0.2) is 146 Å². The lowest BCUT2D eigenvalue weighted by atomic mass is 9.88. The number of hydrogen-bond acceptors (Lipinski definition) is 14. The predicted octanol–water partition coefficient (Wildman–Crippen LogP) is 5.25. The van der Waals surface area contributed by atoms with Crippen LogP contribution in [0.25, 0.3) is 0 Å². The molecule has 2 heterocycles. The maximum absolute atomic E-state index is 10.8. The van der Waals surface area contributed by atoms with Crippen LogP contribution < -0.4 is 16.7 Å². The molecular formula is C36H30N2O16S4. The van der Waals surface area contributed by atoms with Gasteiger partial charge in [0.2, 0.25) is 0 Å². The average Bonchev–Trinajstić information content (AvgIpc) is 3.13. The monoisotopic (exact) mass is 874 g/mol. The summed E-state index contributed by atoms with van der Waals surface area (Å²) in [5.74, 6) is -1.01. The second-order valence-corrected chi connectivity index (χ2v) is 15.8. The van der Waals surface area contributed by atoms with Gasteiger partial charge in [-0.25, -0.2) is 0 Å². The Balaban J connectivity index is 0.000000221. The van der Waals surface area contributed by atoms with E-state index < -0.39 is 41.6 Å². The first kappa shape index (κ1) is 43.1. The van der Waals surface area contributed by atoms with Crippen molar-refractivity contribution < 1.29 is 68.6 Å². The topological polar surface area (TPSA) is 280 Å². The third-order valence-electron chi connectivity index (χ3n) is 7.63. The van der Waals surface area contributed by atoms with Crippen molar-refractivity contribution in [3.05, 3.63) is 179 Å². The average molecular weight is 875 g/mol. The molecule has 0 bridgehead atoms. The van der Waals surface area contributed by atoms with Gasteiger partial charge in [-0.1, -0.05) is 60.7 Å². The van der Waals surface area contributed by atoms with Crippen LogP contribution >= 0.6 is 0 Å². The molecule has 6 aromatic rings. The summed E-state index contributed by atoms with van der Waals surface area (Å²) in [6, 6.07) is 34.7. The van der Waals surface area contributed by atoms with Crippen molar-refractivity contribution >= 4 is 41.6 Å². The van der Waals surface area contributed by atoms with Crippen molar-refractivity contribution in [1.82, 2.24) is 9.97 Å². The van der Waals surface area contributed by atoms with E-state index in [9.17, 15) is 33.7 Å². The molecule has 0 aliphatic rings. The first-order valence-electron chi connectivity index (χ1n) is 16.1. The molecular weight excluding hydrogens is 845 g/mol. The number of benzene rings is 4. The van der Waals surface area contributed by atoms with Gasteiger partial charge in [-0.2, -0.15) is 33.7 Å². The summed E-state index contributed by atoms with van der Waals surface area (Å²) in [6.45, 7) is 0. The van der Waals surface area contributed by atoms with E-state index in [4.69, 9.17) is 18.2 Å². The largest absolute Gasteiger partial charge is 0.446 e. The Bertz CT molecular complexity index is 2390. The molecule has 0 spiro atoms. The third-order valence-corrected chi connectivity index (χ3v) is 9.24. The van der Waals surface area contributed by atoms with Crippen molar-refractivity contribution in [2.45, 2.75) is 11.8 Å². The van der Waals surface area contributed by atoms with E-state index in [0.29, 0.717) is 11.4 Å². The lowest BCUT2D eigenvalue weighted by Gasteiger charge is -2.18. The second kappa shape index (κ2) is 18.1. The molecule has 0 saturated carbocycles. The summed E-state index contributed by atoms with van der Waals surface area (Å²) in [4.78, 5) is 8.72. The van der Waals surface area contributed by atoms with Gasteiger partial charge >= 0.3 is 41.6 Å². The van der Waals surface area contributed by atoms with Gasteiger partial charge in [0.05, 0.1) is 23.2 Å². The molecule has 0 fully saturated rings. The fraction of sp³-hybridized carbons (Fsp3) is 0.0556. The molecule has 0 unspecified atom stereocenters. The summed E-state index contributed by atoms with van der Waals surface area (Å²) in [5, 5.41) is 0. The first-order valence-corrected chi connectivity index (χ1v) is 21.6. The van der Waals surface area contributed by atoms with Crippen molar-refractivity contribution in [1.29, 1.82) is 0 Å². The zero-order chi connectivity index (χ0) is 42.1. The zero-order valence-corrected chi connectivity index (χ0v) is 32.5. The van der Waals surface area contributed by atoms with Crippen LogP contribution in [0, 0.1) is 0 Å². The number of pyridine rings is 2. The van der Waals surface area contributed by atoms with Crippen molar-refractivity contribution in [2.75, 3.05) is 0 Å². The molecule has 304 valence electrons. The Labute approximate surface area is 333 Å². The van der Waals surface area contributed by atoms with Crippen molar-refractivity contribution in [3.63, 3.8) is 0 Å². The smallest absolute Gasteiger partial charge is 0.362 e. The van der Waals surface area contributed by atoms with Gasteiger partial charge in [0.15, 0.2) is 0 Å². The van der Waals surface area contributed by atoms with Gasteiger partial charge in [0, 0.05) is 12.4 Å². The Morgan fingerprint density at radius 3 is 0.741 bits per heavy atom. The summed E-state index contributed by atoms with van der Waals surface area (Å²) >= 11 is 0. The molecule has 2 aromatic heterocycles. The maximum Gasteiger partial charge on any atom is 0.446 e. The second-order valence-electron chi connectivity index (χ2n) is 11.7. The highest BCUT2D eigenvalue weighted by molar-refractivity contribution is 7.82. The van der Waals surface area contributed by atoms with Gasteiger partial charge in [-0.15, -0.1) is 0 Å². The van der Waals surface area contributed by atoms with Crippen molar-refractivity contribution in [2.24, 2.45) is 0 Å².